The van der Waals surface area contributed by atoms with Crippen LogP contribution in [0.3, 0.4) is 0 Å². The number of amides is 1. The van der Waals surface area contributed by atoms with Crippen molar-refractivity contribution in [3.05, 3.63) is 53.3 Å². The van der Waals surface area contributed by atoms with Crippen LogP contribution in [-0.2, 0) is 6.42 Å². The van der Waals surface area contributed by atoms with Gasteiger partial charge in [-0.3, -0.25) is 9.78 Å². The number of piperidine rings is 1. The number of nitrogens with zero attached hydrogens (tertiary/aromatic N) is 2. The quantitative estimate of drug-likeness (QED) is 0.911. The molecular weight excluding hydrogens is 298 g/mol. The van der Waals surface area contributed by atoms with E-state index in [2.05, 4.69) is 42.3 Å². The normalized spacial score (nSPS) is 14.5. The van der Waals surface area contributed by atoms with E-state index in [1.165, 1.54) is 17.5 Å². The molecule has 24 heavy (non-hydrogen) atoms. The molecule has 1 aromatic carbocycles. The maximum absolute atomic E-state index is 12.7. The maximum Gasteiger partial charge on any atom is 0.255 e. The number of hydrogen-bond donors (Lipinski definition) is 1. The molecule has 0 saturated carbocycles. The summed E-state index contributed by atoms with van der Waals surface area (Å²) in [5, 5.41) is 3.46. The van der Waals surface area contributed by atoms with E-state index >= 15 is 0 Å². The molecule has 2 heterocycles. The number of benzene rings is 1. The van der Waals surface area contributed by atoms with E-state index in [0.717, 1.165) is 43.7 Å². The molecule has 0 unspecified atom stereocenters. The number of aryl methyl sites for hydroxylation is 2. The number of hydrogen-bond acceptors (Lipinski definition) is 3. The molecule has 1 aliphatic rings. The van der Waals surface area contributed by atoms with Gasteiger partial charge < -0.3 is 10.2 Å². The molecule has 0 radical (unpaired) electrons. The van der Waals surface area contributed by atoms with Crippen molar-refractivity contribution >= 4 is 17.3 Å². The third-order valence-corrected chi connectivity index (χ3v) is 4.64. The number of aromatic nitrogens is 1. The molecule has 1 saturated heterocycles. The molecule has 126 valence electrons. The van der Waals surface area contributed by atoms with Gasteiger partial charge in [-0.2, -0.15) is 0 Å². The standard InChI is InChI=1S/C20H25N3O/c1-3-16-9-7-8-15(2)19(16)22-18-12-17(13-21-14-18)20(24)23-10-5-4-6-11-23/h7-9,12-14,22H,3-6,10-11H2,1-2H3. The van der Waals surface area contributed by atoms with E-state index in [9.17, 15) is 4.79 Å². The summed E-state index contributed by atoms with van der Waals surface area (Å²) in [6, 6.07) is 8.22. The van der Waals surface area contributed by atoms with Gasteiger partial charge in [0.2, 0.25) is 0 Å². The fourth-order valence-electron chi connectivity index (χ4n) is 3.25. The number of rotatable bonds is 4. The van der Waals surface area contributed by atoms with E-state index in [0.29, 0.717) is 5.56 Å². The van der Waals surface area contributed by atoms with Crippen LogP contribution in [0.15, 0.2) is 36.7 Å². The van der Waals surface area contributed by atoms with Crippen LogP contribution in [0.4, 0.5) is 11.4 Å². The Bertz CT molecular complexity index is 721. The molecule has 2 aromatic rings. The Morgan fingerprint density at radius 3 is 2.75 bits per heavy atom. The van der Waals surface area contributed by atoms with Gasteiger partial charge in [-0.1, -0.05) is 25.1 Å². The predicted octanol–water partition coefficient (Wildman–Crippen LogP) is 4.32. The number of carbonyl (C=O) groups excluding carboxylic acids is 1. The maximum atomic E-state index is 12.7. The second-order valence-electron chi connectivity index (χ2n) is 6.40. The Balaban J connectivity index is 1.82. The first-order valence-corrected chi connectivity index (χ1v) is 8.79. The van der Waals surface area contributed by atoms with E-state index in [1.807, 2.05) is 11.0 Å². The van der Waals surface area contributed by atoms with Crippen molar-refractivity contribution in [2.45, 2.75) is 39.5 Å². The minimum Gasteiger partial charge on any atom is -0.354 e. The van der Waals surface area contributed by atoms with Crippen LogP contribution in [-0.4, -0.2) is 28.9 Å². The van der Waals surface area contributed by atoms with Crippen molar-refractivity contribution in [2.24, 2.45) is 0 Å². The van der Waals surface area contributed by atoms with Gasteiger partial charge in [0.1, 0.15) is 0 Å². The molecule has 1 amide bonds. The lowest BCUT2D eigenvalue weighted by atomic mass is 10.1. The third-order valence-electron chi connectivity index (χ3n) is 4.64. The molecule has 0 atom stereocenters. The average Bonchev–Trinajstić information content (AvgIpc) is 2.64. The molecule has 0 bridgehead atoms. The zero-order chi connectivity index (χ0) is 16.9. The first-order valence-electron chi connectivity index (χ1n) is 8.79. The number of nitrogens with one attached hydrogen (secondary N) is 1. The smallest absolute Gasteiger partial charge is 0.255 e. The number of anilines is 2. The highest BCUT2D eigenvalue weighted by atomic mass is 16.2. The predicted molar refractivity (Wildman–Crippen MR) is 97.8 cm³/mol. The molecule has 1 aliphatic heterocycles. The Kier molecular flexibility index (Phi) is 5.14. The molecule has 1 N–H and O–H groups in total. The molecule has 1 fully saturated rings. The first-order chi connectivity index (χ1) is 11.7. The van der Waals surface area contributed by atoms with Crippen LogP contribution in [0, 0.1) is 6.92 Å². The Labute approximate surface area is 143 Å². The fraction of sp³-hybridized carbons (Fsp3) is 0.400. The first kappa shape index (κ1) is 16.5. The lowest BCUT2D eigenvalue weighted by molar-refractivity contribution is 0.0724. The summed E-state index contributed by atoms with van der Waals surface area (Å²) < 4.78 is 0. The summed E-state index contributed by atoms with van der Waals surface area (Å²) >= 11 is 0. The largest absolute Gasteiger partial charge is 0.354 e. The van der Waals surface area contributed by atoms with Crippen molar-refractivity contribution in [3.8, 4) is 0 Å². The van der Waals surface area contributed by atoms with Gasteiger partial charge in [0.15, 0.2) is 0 Å². The topological polar surface area (TPSA) is 45.2 Å². The monoisotopic (exact) mass is 323 g/mol. The van der Waals surface area contributed by atoms with Crippen molar-refractivity contribution in [1.29, 1.82) is 0 Å². The van der Waals surface area contributed by atoms with Crippen molar-refractivity contribution < 1.29 is 4.79 Å². The lowest BCUT2D eigenvalue weighted by Gasteiger charge is -2.26. The Morgan fingerprint density at radius 1 is 1.21 bits per heavy atom. The second-order valence-corrected chi connectivity index (χ2v) is 6.40. The lowest BCUT2D eigenvalue weighted by Crippen LogP contribution is -2.35. The van der Waals surface area contributed by atoms with Gasteiger partial charge in [-0.15, -0.1) is 0 Å². The summed E-state index contributed by atoms with van der Waals surface area (Å²) in [4.78, 5) is 18.9. The van der Waals surface area contributed by atoms with Gasteiger partial charge in [0, 0.05) is 25.0 Å². The van der Waals surface area contributed by atoms with Crippen LogP contribution in [0.5, 0.6) is 0 Å². The van der Waals surface area contributed by atoms with Gasteiger partial charge in [-0.25, -0.2) is 0 Å². The zero-order valence-corrected chi connectivity index (χ0v) is 14.5. The number of carbonyl (C=O) groups is 1. The number of likely N-dealkylation sites (tertiary alicyclic amines) is 1. The van der Waals surface area contributed by atoms with Crippen molar-refractivity contribution in [1.82, 2.24) is 9.88 Å². The van der Waals surface area contributed by atoms with Crippen molar-refractivity contribution in [3.63, 3.8) is 0 Å². The van der Waals surface area contributed by atoms with Crippen LogP contribution in [0.1, 0.15) is 47.7 Å². The SMILES string of the molecule is CCc1cccc(C)c1Nc1cncc(C(=O)N2CCCCC2)c1. The van der Waals surface area contributed by atoms with Crippen LogP contribution in [0.2, 0.25) is 0 Å². The Hall–Kier alpha value is -2.36. The van der Waals surface area contributed by atoms with Crippen molar-refractivity contribution in [2.75, 3.05) is 18.4 Å². The zero-order valence-electron chi connectivity index (χ0n) is 14.5. The minimum atomic E-state index is 0.0892. The summed E-state index contributed by atoms with van der Waals surface area (Å²) in [7, 11) is 0. The fourth-order valence-corrected chi connectivity index (χ4v) is 3.25. The summed E-state index contributed by atoms with van der Waals surface area (Å²) in [5.74, 6) is 0.0892. The molecule has 0 spiro atoms. The van der Waals surface area contributed by atoms with Gasteiger partial charge in [-0.05, 0) is 49.8 Å². The third kappa shape index (κ3) is 3.58. The number of para-hydroxylation sites is 1. The van der Waals surface area contributed by atoms with Crippen LogP contribution < -0.4 is 5.32 Å². The van der Waals surface area contributed by atoms with Gasteiger partial charge >= 0.3 is 0 Å². The van der Waals surface area contributed by atoms with Crippen LogP contribution in [0.25, 0.3) is 0 Å². The Morgan fingerprint density at radius 2 is 2.00 bits per heavy atom. The van der Waals surface area contributed by atoms with E-state index in [4.69, 9.17) is 0 Å². The van der Waals surface area contributed by atoms with E-state index < -0.39 is 0 Å². The minimum absolute atomic E-state index is 0.0892. The van der Waals surface area contributed by atoms with Gasteiger partial charge in [0.25, 0.3) is 5.91 Å². The molecule has 3 rings (SSSR count). The molecule has 4 nitrogen and oxygen atoms in total. The van der Waals surface area contributed by atoms with Crippen LogP contribution >= 0.6 is 0 Å². The molecule has 1 aromatic heterocycles. The van der Waals surface area contributed by atoms with E-state index in [-0.39, 0.29) is 5.91 Å². The highest BCUT2D eigenvalue weighted by Gasteiger charge is 2.18. The summed E-state index contributed by atoms with van der Waals surface area (Å²) in [5.41, 5.74) is 5.10. The second kappa shape index (κ2) is 7.47. The summed E-state index contributed by atoms with van der Waals surface area (Å²) in [6.45, 7) is 5.95. The van der Waals surface area contributed by atoms with E-state index in [1.54, 1.807) is 12.4 Å². The highest BCUT2D eigenvalue weighted by Crippen LogP contribution is 2.25. The molecular formula is C20H25N3O. The highest BCUT2D eigenvalue weighted by molar-refractivity contribution is 5.95. The summed E-state index contributed by atoms with van der Waals surface area (Å²) in [6.07, 6.45) is 7.82. The van der Waals surface area contributed by atoms with Gasteiger partial charge in [0.05, 0.1) is 17.4 Å². The number of pyridine rings is 1. The average molecular weight is 323 g/mol. The molecule has 4 heteroatoms. The molecule has 0 aliphatic carbocycles.